The molecule has 0 fully saturated rings. The fourth-order valence-electron chi connectivity index (χ4n) is 3.20. The van der Waals surface area contributed by atoms with Crippen molar-refractivity contribution < 1.29 is 48.0 Å². The van der Waals surface area contributed by atoms with E-state index in [4.69, 9.17) is 23.7 Å². The molecule has 1 rings (SSSR count). The van der Waals surface area contributed by atoms with Gasteiger partial charge in [0.1, 0.15) is 12.2 Å². The summed E-state index contributed by atoms with van der Waals surface area (Å²) in [5.74, 6) is -2.45. The lowest BCUT2D eigenvalue weighted by atomic mass is 10.00. The largest absolute Gasteiger partial charge is 0.514 e. The predicted octanol–water partition coefficient (Wildman–Crippen LogP) is 5.62. The highest BCUT2D eigenvalue weighted by Crippen LogP contribution is 2.32. The molecule has 0 spiro atoms. The maximum Gasteiger partial charge on any atom is 0.514 e. The minimum atomic E-state index is -2.10. The van der Waals surface area contributed by atoms with E-state index in [1.165, 1.54) is 18.2 Å². The quantitative estimate of drug-likeness (QED) is 0.121. The Morgan fingerprint density at radius 2 is 1.38 bits per heavy atom. The van der Waals surface area contributed by atoms with Gasteiger partial charge in [-0.2, -0.15) is 0 Å². The van der Waals surface area contributed by atoms with Gasteiger partial charge in [-0.15, -0.1) is 0 Å². The summed E-state index contributed by atoms with van der Waals surface area (Å²) in [7, 11) is 0. The summed E-state index contributed by atoms with van der Waals surface area (Å²) in [5, 5.41) is 13.1. The van der Waals surface area contributed by atoms with Crippen molar-refractivity contribution >= 4 is 24.2 Å². The zero-order valence-corrected chi connectivity index (χ0v) is 24.2. The first-order valence-electron chi connectivity index (χ1n) is 13.4. The molecule has 11 heteroatoms. The van der Waals surface area contributed by atoms with Gasteiger partial charge in [0.2, 0.25) is 0 Å². The van der Waals surface area contributed by atoms with Crippen molar-refractivity contribution in [3.8, 4) is 11.5 Å². The zero-order chi connectivity index (χ0) is 29.8. The molecule has 0 aliphatic rings. The number of carbonyl (C=O) groups excluding carboxylic acids is 3. The van der Waals surface area contributed by atoms with E-state index >= 15 is 0 Å². The van der Waals surface area contributed by atoms with E-state index in [0.717, 1.165) is 0 Å². The highest BCUT2D eigenvalue weighted by molar-refractivity contribution is 5.82. The summed E-state index contributed by atoms with van der Waals surface area (Å²) >= 11 is 0. The lowest BCUT2D eigenvalue weighted by Crippen LogP contribution is -2.59. The van der Waals surface area contributed by atoms with Crippen molar-refractivity contribution in [2.45, 2.75) is 111 Å². The second kappa shape index (κ2) is 15.9. The molecular weight excluding hydrogens is 510 g/mol. The van der Waals surface area contributed by atoms with E-state index in [-0.39, 0.29) is 36.3 Å². The number of rotatable bonds is 15. The zero-order valence-electron chi connectivity index (χ0n) is 24.2. The number of nitrogens with one attached hydrogen (secondary N) is 1. The minimum Gasteiger partial charge on any atom is -0.477 e. The average Bonchev–Trinajstić information content (AvgIpc) is 2.84. The first kappa shape index (κ1) is 33.7. The molecule has 0 bridgehead atoms. The van der Waals surface area contributed by atoms with Crippen LogP contribution in [0.3, 0.4) is 0 Å². The number of benzene rings is 1. The molecule has 220 valence electrons. The molecule has 39 heavy (non-hydrogen) atoms. The Bertz CT molecular complexity index is 979. The van der Waals surface area contributed by atoms with Crippen LogP contribution in [-0.4, -0.2) is 53.3 Å². The van der Waals surface area contributed by atoms with Gasteiger partial charge >= 0.3 is 24.2 Å². The van der Waals surface area contributed by atoms with Crippen LogP contribution in [-0.2, 0) is 30.2 Å². The highest BCUT2D eigenvalue weighted by atomic mass is 16.7. The van der Waals surface area contributed by atoms with Crippen molar-refractivity contribution in [1.29, 1.82) is 0 Å². The molecule has 11 nitrogen and oxygen atoms in total. The maximum atomic E-state index is 12.6. The number of carbonyl (C=O) groups is 4. The van der Waals surface area contributed by atoms with Gasteiger partial charge in [-0.1, -0.05) is 40.7 Å². The van der Waals surface area contributed by atoms with Gasteiger partial charge in [-0.3, -0.25) is 10.1 Å². The molecule has 0 heterocycles. The molecule has 1 aromatic rings. The van der Waals surface area contributed by atoms with Crippen molar-refractivity contribution in [2.75, 3.05) is 0 Å². The number of aliphatic carboxylic acids is 1. The van der Waals surface area contributed by atoms with Gasteiger partial charge in [0.25, 0.3) is 5.72 Å². The van der Waals surface area contributed by atoms with Crippen LogP contribution in [0, 0.1) is 5.92 Å². The van der Waals surface area contributed by atoms with E-state index < -0.39 is 42.2 Å². The Morgan fingerprint density at radius 3 is 1.85 bits per heavy atom. The Hall–Kier alpha value is -3.34. The molecule has 4 atom stereocenters. The molecule has 0 saturated heterocycles. The SMILES string of the molecule is CCC(C)N[C@@](Cc1ccc(OC(=O)OC(C)CC)c(OC(=O)OC(C)CC)c1)(OC(=O)CC(C)C)C(=O)O. The number of esters is 1. The van der Waals surface area contributed by atoms with Gasteiger partial charge in [0, 0.05) is 18.9 Å². The summed E-state index contributed by atoms with van der Waals surface area (Å²) in [5.41, 5.74) is -1.78. The second-order valence-corrected chi connectivity index (χ2v) is 9.99. The third kappa shape index (κ3) is 11.5. The maximum absolute atomic E-state index is 12.6. The van der Waals surface area contributed by atoms with E-state index in [1.807, 2.05) is 34.6 Å². The fraction of sp³-hybridized carbons (Fsp3) is 0.643. The molecule has 1 aromatic carbocycles. The number of hydrogen-bond acceptors (Lipinski definition) is 10. The van der Waals surface area contributed by atoms with Gasteiger partial charge in [-0.05, 0) is 63.6 Å². The Kier molecular flexibility index (Phi) is 13.8. The van der Waals surface area contributed by atoms with Crippen LogP contribution in [0.5, 0.6) is 11.5 Å². The minimum absolute atomic E-state index is 0.0259. The summed E-state index contributed by atoms with van der Waals surface area (Å²) in [4.78, 5) is 49.7. The summed E-state index contributed by atoms with van der Waals surface area (Å²) in [6, 6.07) is 3.83. The molecule has 3 unspecified atom stereocenters. The number of carboxylic acid groups (broad SMARTS) is 1. The lowest BCUT2D eigenvalue weighted by molar-refractivity contribution is -0.185. The summed E-state index contributed by atoms with van der Waals surface area (Å²) in [6.07, 6.45) is -1.48. The summed E-state index contributed by atoms with van der Waals surface area (Å²) in [6.45, 7) is 14.3. The molecule has 0 saturated carbocycles. The van der Waals surface area contributed by atoms with E-state index in [0.29, 0.717) is 24.8 Å². The van der Waals surface area contributed by atoms with Crippen LogP contribution < -0.4 is 14.8 Å². The van der Waals surface area contributed by atoms with Crippen molar-refractivity contribution in [1.82, 2.24) is 5.32 Å². The third-order valence-electron chi connectivity index (χ3n) is 5.89. The predicted molar refractivity (Wildman–Crippen MR) is 143 cm³/mol. The van der Waals surface area contributed by atoms with Crippen LogP contribution in [0.2, 0.25) is 0 Å². The molecule has 0 aliphatic carbocycles. The van der Waals surface area contributed by atoms with E-state index in [9.17, 15) is 24.3 Å². The monoisotopic (exact) mass is 553 g/mol. The van der Waals surface area contributed by atoms with Crippen molar-refractivity contribution in [3.63, 3.8) is 0 Å². The molecule has 0 aromatic heterocycles. The van der Waals surface area contributed by atoms with Gasteiger partial charge in [0.05, 0.1) is 0 Å². The molecule has 2 N–H and O–H groups in total. The molecule has 0 aliphatic heterocycles. The van der Waals surface area contributed by atoms with Crippen molar-refractivity contribution in [3.05, 3.63) is 23.8 Å². The Labute approximate surface area is 230 Å². The molecular formula is C28H43NO10. The lowest BCUT2D eigenvalue weighted by Gasteiger charge is -2.33. The first-order valence-corrected chi connectivity index (χ1v) is 13.4. The van der Waals surface area contributed by atoms with Gasteiger partial charge in [-0.25, -0.2) is 14.4 Å². The van der Waals surface area contributed by atoms with Gasteiger partial charge < -0.3 is 28.8 Å². The first-order chi connectivity index (χ1) is 18.2. The van der Waals surface area contributed by atoms with E-state index in [2.05, 4.69) is 5.32 Å². The Morgan fingerprint density at radius 1 is 0.846 bits per heavy atom. The normalized spacial score (nSPS) is 14.9. The van der Waals surface area contributed by atoms with E-state index in [1.54, 1.807) is 20.8 Å². The number of hydrogen-bond donors (Lipinski definition) is 2. The fourth-order valence-corrected chi connectivity index (χ4v) is 3.20. The smallest absolute Gasteiger partial charge is 0.477 e. The number of ether oxygens (including phenoxy) is 5. The van der Waals surface area contributed by atoms with Crippen LogP contribution >= 0.6 is 0 Å². The highest BCUT2D eigenvalue weighted by Gasteiger charge is 2.44. The average molecular weight is 554 g/mol. The van der Waals surface area contributed by atoms with Crippen LogP contribution in [0.15, 0.2) is 18.2 Å². The molecule has 0 radical (unpaired) electrons. The van der Waals surface area contributed by atoms with Crippen LogP contribution in [0.25, 0.3) is 0 Å². The summed E-state index contributed by atoms with van der Waals surface area (Å²) < 4.78 is 26.4. The second-order valence-electron chi connectivity index (χ2n) is 9.99. The Balaban J connectivity index is 3.45. The topological polar surface area (TPSA) is 147 Å². The third-order valence-corrected chi connectivity index (χ3v) is 5.89. The standard InChI is InChI=1S/C28H43NO10/c1-9-18(6)29-28(25(31)32,39-24(30)14-17(4)5)16-21-12-13-22(37-26(33)35-19(7)10-2)23(15-21)38-27(34)36-20(8)11-3/h12-13,15,17-20,29H,9-11,14,16H2,1-8H3,(H,31,32)/t18?,19?,20?,28-/m0/s1. The van der Waals surface area contributed by atoms with Crippen molar-refractivity contribution in [2.24, 2.45) is 5.92 Å². The van der Waals surface area contributed by atoms with Crippen LogP contribution in [0.1, 0.15) is 86.6 Å². The number of carboxylic acids is 1. The van der Waals surface area contributed by atoms with Crippen LogP contribution in [0.4, 0.5) is 9.59 Å². The molecule has 0 amide bonds. The van der Waals surface area contributed by atoms with Gasteiger partial charge in [0.15, 0.2) is 11.5 Å².